The van der Waals surface area contributed by atoms with Crippen LogP contribution in [0.3, 0.4) is 0 Å². The Bertz CT molecular complexity index is 1150. The zero-order chi connectivity index (χ0) is 22.2. The molecule has 1 atom stereocenters. The average molecular weight is 430 g/mol. The van der Waals surface area contributed by atoms with Crippen molar-refractivity contribution >= 4 is 16.7 Å². The lowest BCUT2D eigenvalue weighted by molar-refractivity contribution is 0.0175. The van der Waals surface area contributed by atoms with E-state index >= 15 is 0 Å². The third-order valence-corrected chi connectivity index (χ3v) is 5.56. The zero-order valence-electron chi connectivity index (χ0n) is 17.4. The molecule has 31 heavy (non-hydrogen) atoms. The van der Waals surface area contributed by atoms with Gasteiger partial charge in [-0.2, -0.15) is 0 Å². The number of aromatic nitrogens is 3. The van der Waals surface area contributed by atoms with E-state index in [0.717, 1.165) is 6.92 Å². The number of ether oxygens (including phenoxy) is 1. The summed E-state index contributed by atoms with van der Waals surface area (Å²) in [5.74, 6) is -2.62. The van der Waals surface area contributed by atoms with E-state index in [2.05, 4.69) is 15.3 Å². The first-order valence-corrected chi connectivity index (χ1v) is 10.1. The zero-order valence-corrected chi connectivity index (χ0v) is 17.4. The summed E-state index contributed by atoms with van der Waals surface area (Å²) < 4.78 is 33.9. The highest BCUT2D eigenvalue weighted by atomic mass is 19.3. The number of hydrogen-bond donors (Lipinski definition) is 2. The van der Waals surface area contributed by atoms with Crippen molar-refractivity contribution in [3.05, 3.63) is 52.7 Å². The van der Waals surface area contributed by atoms with Crippen molar-refractivity contribution < 1.29 is 18.6 Å². The number of fused-ring (bicyclic) bond motifs is 1. The molecule has 0 aliphatic carbocycles. The van der Waals surface area contributed by atoms with Crippen LogP contribution in [0.15, 0.2) is 41.6 Å². The maximum Gasteiger partial charge on any atom is 0.270 e. The highest BCUT2D eigenvalue weighted by Crippen LogP contribution is 2.32. The van der Waals surface area contributed by atoms with E-state index < -0.39 is 11.5 Å². The van der Waals surface area contributed by atoms with Gasteiger partial charge in [0.05, 0.1) is 18.5 Å². The van der Waals surface area contributed by atoms with Crippen LogP contribution in [-0.2, 0) is 17.2 Å². The summed E-state index contributed by atoms with van der Waals surface area (Å²) in [4.78, 5) is 22.0. The second-order valence-electron chi connectivity index (χ2n) is 7.93. The van der Waals surface area contributed by atoms with Gasteiger partial charge in [0.2, 0.25) is 0 Å². The first-order chi connectivity index (χ1) is 14.7. The molecule has 3 heterocycles. The van der Waals surface area contributed by atoms with Crippen molar-refractivity contribution in [2.24, 2.45) is 0 Å². The normalized spacial score (nSPS) is 19.1. The maximum atomic E-state index is 13.6. The van der Waals surface area contributed by atoms with Gasteiger partial charge in [-0.05, 0) is 12.5 Å². The topological polar surface area (TPSA) is 89.3 Å². The summed E-state index contributed by atoms with van der Waals surface area (Å²) >= 11 is 0. The SMILES string of the molecule is CCn1cnc2c(-c3ccc(C(C)(F)F)cc3)cnc(NC[C@@]3(O)CCOC3)c2c1=O. The Morgan fingerprint density at radius 2 is 2.03 bits per heavy atom. The van der Waals surface area contributed by atoms with Gasteiger partial charge in [-0.25, -0.2) is 18.7 Å². The molecule has 4 rings (SSSR count). The van der Waals surface area contributed by atoms with Gasteiger partial charge in [0, 0.05) is 50.4 Å². The lowest BCUT2D eigenvalue weighted by Gasteiger charge is -2.21. The predicted molar refractivity (Wildman–Crippen MR) is 113 cm³/mol. The van der Waals surface area contributed by atoms with Gasteiger partial charge in [0.15, 0.2) is 0 Å². The van der Waals surface area contributed by atoms with E-state index in [1.165, 1.54) is 23.0 Å². The van der Waals surface area contributed by atoms with Crippen LogP contribution < -0.4 is 10.9 Å². The molecule has 0 amide bonds. The molecule has 0 unspecified atom stereocenters. The first kappa shape index (κ1) is 21.3. The molecule has 0 saturated carbocycles. The fourth-order valence-corrected chi connectivity index (χ4v) is 3.66. The molecule has 164 valence electrons. The molecule has 1 aromatic carbocycles. The van der Waals surface area contributed by atoms with Crippen molar-refractivity contribution in [1.29, 1.82) is 0 Å². The molecule has 2 N–H and O–H groups in total. The van der Waals surface area contributed by atoms with Crippen LogP contribution in [0.25, 0.3) is 22.0 Å². The Morgan fingerprint density at radius 1 is 1.29 bits per heavy atom. The Balaban J connectivity index is 1.79. The highest BCUT2D eigenvalue weighted by molar-refractivity contribution is 5.98. The number of nitrogens with one attached hydrogen (secondary N) is 1. The maximum absolute atomic E-state index is 13.6. The minimum atomic E-state index is -2.94. The first-order valence-electron chi connectivity index (χ1n) is 10.1. The summed E-state index contributed by atoms with van der Waals surface area (Å²) in [6, 6.07) is 5.86. The number of nitrogens with zero attached hydrogens (tertiary/aromatic N) is 3. The van der Waals surface area contributed by atoms with Crippen LogP contribution in [0.5, 0.6) is 0 Å². The summed E-state index contributed by atoms with van der Waals surface area (Å²) in [6.07, 6.45) is 3.51. The van der Waals surface area contributed by atoms with Crippen LogP contribution in [-0.4, -0.2) is 45.0 Å². The molecular formula is C22H24F2N4O3. The minimum Gasteiger partial charge on any atom is -0.386 e. The second kappa shape index (κ2) is 7.97. The fourth-order valence-electron chi connectivity index (χ4n) is 3.66. The molecule has 3 aromatic rings. The Labute approximate surface area is 177 Å². The van der Waals surface area contributed by atoms with Gasteiger partial charge in [-0.1, -0.05) is 24.3 Å². The molecule has 1 aliphatic rings. The van der Waals surface area contributed by atoms with Crippen molar-refractivity contribution in [3.8, 4) is 11.1 Å². The molecule has 1 fully saturated rings. The number of pyridine rings is 1. The van der Waals surface area contributed by atoms with Crippen LogP contribution in [0.4, 0.5) is 14.6 Å². The monoisotopic (exact) mass is 430 g/mol. The second-order valence-corrected chi connectivity index (χ2v) is 7.93. The van der Waals surface area contributed by atoms with E-state index in [-0.39, 0.29) is 29.7 Å². The van der Waals surface area contributed by atoms with Gasteiger partial charge in [-0.15, -0.1) is 0 Å². The van der Waals surface area contributed by atoms with Gasteiger partial charge in [0.25, 0.3) is 11.5 Å². The quantitative estimate of drug-likeness (QED) is 0.625. The Morgan fingerprint density at radius 3 is 2.65 bits per heavy atom. The standard InChI is InChI=1S/C22H24F2N4O3/c1-3-28-13-27-18-16(14-4-6-15(7-5-14)21(2,23)24)10-25-19(17(18)20(28)29)26-11-22(30)8-9-31-12-22/h4-7,10,13,30H,3,8-9,11-12H2,1-2H3,(H,25,26)/t22-/m0/s1. The lowest BCUT2D eigenvalue weighted by atomic mass is 10.0. The van der Waals surface area contributed by atoms with Crippen molar-refractivity contribution in [2.45, 2.75) is 38.3 Å². The molecule has 0 spiro atoms. The lowest BCUT2D eigenvalue weighted by Crippen LogP contribution is -2.37. The number of benzene rings is 1. The van der Waals surface area contributed by atoms with Crippen molar-refractivity contribution in [3.63, 3.8) is 0 Å². The number of anilines is 1. The molecule has 0 radical (unpaired) electrons. The highest BCUT2D eigenvalue weighted by Gasteiger charge is 2.32. The predicted octanol–water partition coefficient (Wildman–Crippen LogP) is 3.15. The number of hydrogen-bond acceptors (Lipinski definition) is 6. The van der Waals surface area contributed by atoms with E-state index in [0.29, 0.717) is 42.0 Å². The van der Waals surface area contributed by atoms with Crippen LogP contribution in [0, 0.1) is 0 Å². The van der Waals surface area contributed by atoms with Crippen LogP contribution in [0.2, 0.25) is 0 Å². The van der Waals surface area contributed by atoms with Crippen molar-refractivity contribution in [2.75, 3.05) is 25.1 Å². The van der Waals surface area contributed by atoms with Gasteiger partial charge < -0.3 is 15.2 Å². The number of alkyl halides is 2. The smallest absolute Gasteiger partial charge is 0.270 e. The number of aryl methyl sites for hydroxylation is 1. The number of rotatable bonds is 6. The van der Waals surface area contributed by atoms with E-state index in [9.17, 15) is 18.7 Å². The molecule has 0 bridgehead atoms. The third kappa shape index (κ3) is 4.15. The van der Waals surface area contributed by atoms with E-state index in [1.807, 2.05) is 6.92 Å². The van der Waals surface area contributed by atoms with Gasteiger partial charge >= 0.3 is 0 Å². The molecule has 7 nitrogen and oxygen atoms in total. The number of halogens is 2. The summed E-state index contributed by atoms with van der Waals surface area (Å²) in [5, 5.41) is 13.9. The fraction of sp³-hybridized carbons (Fsp3) is 0.409. The van der Waals surface area contributed by atoms with Gasteiger partial charge in [0.1, 0.15) is 16.8 Å². The summed E-state index contributed by atoms with van der Waals surface area (Å²) in [6.45, 7) is 3.97. The van der Waals surface area contributed by atoms with Crippen molar-refractivity contribution in [1.82, 2.24) is 14.5 Å². The third-order valence-electron chi connectivity index (χ3n) is 5.56. The molecule has 1 saturated heterocycles. The Hall–Kier alpha value is -2.91. The average Bonchev–Trinajstić information content (AvgIpc) is 3.18. The number of aliphatic hydroxyl groups is 1. The Kier molecular flexibility index (Phi) is 5.49. The largest absolute Gasteiger partial charge is 0.386 e. The van der Waals surface area contributed by atoms with Crippen LogP contribution >= 0.6 is 0 Å². The molecular weight excluding hydrogens is 406 g/mol. The van der Waals surface area contributed by atoms with Crippen LogP contribution in [0.1, 0.15) is 25.8 Å². The van der Waals surface area contributed by atoms with E-state index in [4.69, 9.17) is 4.74 Å². The molecule has 9 heteroatoms. The van der Waals surface area contributed by atoms with E-state index in [1.54, 1.807) is 18.3 Å². The molecule has 1 aliphatic heterocycles. The minimum absolute atomic E-state index is 0.0971. The summed E-state index contributed by atoms with van der Waals surface area (Å²) in [7, 11) is 0. The molecule has 2 aromatic heterocycles. The van der Waals surface area contributed by atoms with Gasteiger partial charge in [-0.3, -0.25) is 9.36 Å². The summed E-state index contributed by atoms with van der Waals surface area (Å²) in [5.41, 5.74) is 0.212.